The van der Waals surface area contributed by atoms with Gasteiger partial charge in [0, 0.05) is 23.5 Å². The van der Waals surface area contributed by atoms with E-state index in [0.29, 0.717) is 12.1 Å². The number of rotatable bonds is 3. The molecular formula is C10H15NO3. The molecule has 1 atom stereocenters. The molecule has 0 aliphatic carbocycles. The maximum Gasteiger partial charge on any atom is 0.184 e. The van der Waals surface area contributed by atoms with E-state index in [9.17, 15) is 9.90 Å². The van der Waals surface area contributed by atoms with Gasteiger partial charge in [0.15, 0.2) is 5.43 Å². The molecule has 1 heterocycles. The Bertz CT molecular complexity index is 370. The summed E-state index contributed by atoms with van der Waals surface area (Å²) in [7, 11) is 0. The molecule has 0 aromatic carbocycles. The Balaban J connectivity index is 3.00. The molecule has 0 spiro atoms. The van der Waals surface area contributed by atoms with Crippen molar-refractivity contribution >= 4 is 0 Å². The van der Waals surface area contributed by atoms with E-state index in [4.69, 9.17) is 5.11 Å². The second-order valence-corrected chi connectivity index (χ2v) is 3.38. The van der Waals surface area contributed by atoms with Crippen molar-refractivity contribution in [3.63, 3.8) is 0 Å². The number of hydrogen-bond acceptors (Lipinski definition) is 3. The molecule has 0 saturated carbocycles. The molecule has 4 heteroatoms. The molecule has 0 bridgehead atoms. The molecule has 0 saturated heterocycles. The monoisotopic (exact) mass is 197 g/mol. The van der Waals surface area contributed by atoms with Crippen LogP contribution in [0.5, 0.6) is 0 Å². The van der Waals surface area contributed by atoms with Crippen molar-refractivity contribution in [3.05, 3.63) is 33.7 Å². The minimum atomic E-state index is -0.782. The molecule has 4 nitrogen and oxygen atoms in total. The summed E-state index contributed by atoms with van der Waals surface area (Å²) in [5.41, 5.74) is 1.50. The molecule has 1 aromatic heterocycles. The smallest absolute Gasteiger partial charge is 0.184 e. The van der Waals surface area contributed by atoms with Gasteiger partial charge in [-0.25, -0.2) is 0 Å². The first-order valence-corrected chi connectivity index (χ1v) is 4.52. The summed E-state index contributed by atoms with van der Waals surface area (Å²) in [6.07, 6.45) is 0.847. The van der Waals surface area contributed by atoms with Crippen LogP contribution in [0.3, 0.4) is 0 Å². The SMILES string of the molecule is Cc1c(C)n(CC(O)CO)ccc1=O. The minimum Gasteiger partial charge on any atom is -0.394 e. The predicted octanol–water partition coefficient (Wildman–Crippen LogP) is -0.182. The molecule has 0 aliphatic heterocycles. The molecule has 0 fully saturated rings. The van der Waals surface area contributed by atoms with Crippen molar-refractivity contribution in [2.24, 2.45) is 0 Å². The zero-order valence-corrected chi connectivity index (χ0v) is 8.40. The van der Waals surface area contributed by atoms with Crippen molar-refractivity contribution in [1.82, 2.24) is 4.57 Å². The normalized spacial score (nSPS) is 12.9. The van der Waals surface area contributed by atoms with Crippen LogP contribution in [0.25, 0.3) is 0 Å². The lowest BCUT2D eigenvalue weighted by Gasteiger charge is -2.14. The highest BCUT2D eigenvalue weighted by Gasteiger charge is 2.06. The van der Waals surface area contributed by atoms with Gasteiger partial charge in [-0.15, -0.1) is 0 Å². The van der Waals surface area contributed by atoms with Gasteiger partial charge in [0.05, 0.1) is 19.3 Å². The van der Waals surface area contributed by atoms with Gasteiger partial charge in [-0.05, 0) is 13.8 Å². The number of pyridine rings is 1. The lowest BCUT2D eigenvalue weighted by atomic mass is 10.2. The number of aliphatic hydroxyl groups excluding tert-OH is 2. The lowest BCUT2D eigenvalue weighted by molar-refractivity contribution is 0.0805. The third kappa shape index (κ3) is 2.21. The third-order valence-corrected chi connectivity index (χ3v) is 2.37. The second kappa shape index (κ2) is 4.39. The first-order chi connectivity index (χ1) is 6.56. The van der Waals surface area contributed by atoms with E-state index in [-0.39, 0.29) is 12.0 Å². The van der Waals surface area contributed by atoms with Crippen molar-refractivity contribution in [2.75, 3.05) is 6.61 Å². The maximum absolute atomic E-state index is 11.2. The average molecular weight is 197 g/mol. The molecule has 1 unspecified atom stereocenters. The molecule has 0 amide bonds. The second-order valence-electron chi connectivity index (χ2n) is 3.38. The molecule has 1 aromatic rings. The van der Waals surface area contributed by atoms with E-state index in [0.717, 1.165) is 5.69 Å². The van der Waals surface area contributed by atoms with E-state index in [1.54, 1.807) is 17.7 Å². The summed E-state index contributed by atoms with van der Waals surface area (Å²) < 4.78 is 1.76. The Hall–Kier alpha value is -1.13. The summed E-state index contributed by atoms with van der Waals surface area (Å²) in [6, 6.07) is 1.46. The van der Waals surface area contributed by atoms with Crippen LogP contribution in [0.1, 0.15) is 11.3 Å². The average Bonchev–Trinajstić information content (AvgIpc) is 2.19. The quantitative estimate of drug-likeness (QED) is 0.706. The summed E-state index contributed by atoms with van der Waals surface area (Å²) in [5, 5.41) is 17.9. The summed E-state index contributed by atoms with van der Waals surface area (Å²) in [6.45, 7) is 3.61. The number of aromatic nitrogens is 1. The number of nitrogens with zero attached hydrogens (tertiary/aromatic N) is 1. The van der Waals surface area contributed by atoms with Crippen molar-refractivity contribution in [2.45, 2.75) is 26.5 Å². The van der Waals surface area contributed by atoms with E-state index in [1.807, 2.05) is 6.92 Å². The summed E-state index contributed by atoms with van der Waals surface area (Å²) in [4.78, 5) is 11.2. The predicted molar refractivity (Wildman–Crippen MR) is 53.3 cm³/mol. The molecule has 14 heavy (non-hydrogen) atoms. The standard InChI is InChI=1S/C10H15NO3/c1-7-8(2)11(4-3-10(7)14)5-9(13)6-12/h3-4,9,12-13H,5-6H2,1-2H3. The summed E-state index contributed by atoms with van der Waals surface area (Å²) >= 11 is 0. The van der Waals surface area contributed by atoms with Crippen LogP contribution in [0.2, 0.25) is 0 Å². The molecule has 2 N–H and O–H groups in total. The third-order valence-electron chi connectivity index (χ3n) is 2.37. The molecule has 0 aliphatic rings. The van der Waals surface area contributed by atoms with Crippen LogP contribution in [-0.2, 0) is 6.54 Å². The Morgan fingerprint density at radius 3 is 2.71 bits per heavy atom. The first kappa shape index (κ1) is 10.9. The van der Waals surface area contributed by atoms with Gasteiger partial charge >= 0.3 is 0 Å². The molecular weight excluding hydrogens is 182 g/mol. The number of aliphatic hydroxyl groups is 2. The fourth-order valence-electron chi connectivity index (χ4n) is 1.27. The Kier molecular flexibility index (Phi) is 3.43. The van der Waals surface area contributed by atoms with Crippen LogP contribution >= 0.6 is 0 Å². The highest BCUT2D eigenvalue weighted by molar-refractivity contribution is 5.18. The zero-order chi connectivity index (χ0) is 10.7. The minimum absolute atomic E-state index is 0.00256. The zero-order valence-electron chi connectivity index (χ0n) is 8.40. The topological polar surface area (TPSA) is 62.5 Å². The first-order valence-electron chi connectivity index (χ1n) is 4.52. The van der Waals surface area contributed by atoms with Crippen LogP contribution in [-0.4, -0.2) is 27.5 Å². The Morgan fingerprint density at radius 2 is 2.14 bits per heavy atom. The summed E-state index contributed by atoms with van der Waals surface area (Å²) in [5.74, 6) is 0. The van der Waals surface area contributed by atoms with Crippen LogP contribution < -0.4 is 5.43 Å². The fourth-order valence-corrected chi connectivity index (χ4v) is 1.27. The highest BCUT2D eigenvalue weighted by Crippen LogP contribution is 2.02. The molecule has 78 valence electrons. The van der Waals surface area contributed by atoms with Crippen LogP contribution in [0.15, 0.2) is 17.1 Å². The van der Waals surface area contributed by atoms with Gasteiger partial charge in [-0.2, -0.15) is 0 Å². The lowest BCUT2D eigenvalue weighted by Crippen LogP contribution is -2.23. The van der Waals surface area contributed by atoms with Gasteiger partial charge in [0.25, 0.3) is 0 Å². The van der Waals surface area contributed by atoms with Crippen molar-refractivity contribution in [1.29, 1.82) is 0 Å². The van der Waals surface area contributed by atoms with Crippen LogP contribution in [0, 0.1) is 13.8 Å². The van der Waals surface area contributed by atoms with Gasteiger partial charge in [0.2, 0.25) is 0 Å². The van der Waals surface area contributed by atoms with Gasteiger partial charge in [-0.3, -0.25) is 4.79 Å². The van der Waals surface area contributed by atoms with E-state index in [2.05, 4.69) is 0 Å². The van der Waals surface area contributed by atoms with Gasteiger partial charge < -0.3 is 14.8 Å². The van der Waals surface area contributed by atoms with Crippen LogP contribution in [0.4, 0.5) is 0 Å². The van der Waals surface area contributed by atoms with E-state index >= 15 is 0 Å². The van der Waals surface area contributed by atoms with E-state index in [1.165, 1.54) is 6.07 Å². The Labute approximate surface area is 82.4 Å². The number of hydrogen-bond donors (Lipinski definition) is 2. The van der Waals surface area contributed by atoms with E-state index < -0.39 is 6.10 Å². The molecule has 0 radical (unpaired) electrons. The van der Waals surface area contributed by atoms with Crippen molar-refractivity contribution < 1.29 is 10.2 Å². The van der Waals surface area contributed by atoms with Crippen molar-refractivity contribution in [3.8, 4) is 0 Å². The Morgan fingerprint density at radius 1 is 1.50 bits per heavy atom. The van der Waals surface area contributed by atoms with Gasteiger partial charge in [0.1, 0.15) is 0 Å². The highest BCUT2D eigenvalue weighted by atomic mass is 16.3. The largest absolute Gasteiger partial charge is 0.394 e. The maximum atomic E-state index is 11.2. The fraction of sp³-hybridized carbons (Fsp3) is 0.500. The van der Waals surface area contributed by atoms with Gasteiger partial charge in [-0.1, -0.05) is 0 Å². The molecule has 1 rings (SSSR count).